The second-order valence-corrected chi connectivity index (χ2v) is 5.85. The Hall–Kier alpha value is -0.590. The van der Waals surface area contributed by atoms with Crippen molar-refractivity contribution < 1.29 is 9.18 Å². The number of hydrogen-bond acceptors (Lipinski definition) is 3. The van der Waals surface area contributed by atoms with Gasteiger partial charge in [-0.25, -0.2) is 4.39 Å². The minimum atomic E-state index is -0.280. The summed E-state index contributed by atoms with van der Waals surface area (Å²) in [4.78, 5) is 16.0. The van der Waals surface area contributed by atoms with Crippen LogP contribution in [0.3, 0.4) is 0 Å². The van der Waals surface area contributed by atoms with E-state index in [-0.39, 0.29) is 42.5 Å². The highest BCUT2D eigenvalue weighted by atomic mass is 35.5. The Kier molecular flexibility index (Phi) is 10.0. The number of nitrogens with two attached hydrogens (primary N) is 1. The van der Waals surface area contributed by atoms with Crippen molar-refractivity contribution >= 4 is 42.3 Å². The van der Waals surface area contributed by atoms with E-state index in [1.807, 2.05) is 11.8 Å². The first-order valence-corrected chi connectivity index (χ1v) is 7.54. The lowest BCUT2D eigenvalue weighted by Gasteiger charge is -2.36. The Morgan fingerprint density at radius 2 is 1.91 bits per heavy atom. The van der Waals surface area contributed by atoms with Crippen molar-refractivity contribution in [2.75, 3.05) is 32.7 Å². The van der Waals surface area contributed by atoms with Gasteiger partial charge in [-0.15, -0.1) is 24.8 Å². The van der Waals surface area contributed by atoms with E-state index in [0.29, 0.717) is 49.9 Å². The predicted octanol–water partition coefficient (Wildman–Crippen LogP) is 2.56. The van der Waals surface area contributed by atoms with Gasteiger partial charge in [0.15, 0.2) is 0 Å². The minimum Gasteiger partial charge on any atom is -0.340 e. The van der Waals surface area contributed by atoms with E-state index >= 15 is 0 Å². The highest BCUT2D eigenvalue weighted by Crippen LogP contribution is 2.21. The maximum absolute atomic E-state index is 13.8. The zero-order valence-electron chi connectivity index (χ0n) is 13.0. The van der Waals surface area contributed by atoms with Crippen LogP contribution in [0.5, 0.6) is 0 Å². The van der Waals surface area contributed by atoms with Gasteiger partial charge < -0.3 is 10.6 Å². The van der Waals surface area contributed by atoms with Gasteiger partial charge in [-0.05, 0) is 12.1 Å². The van der Waals surface area contributed by atoms with Crippen LogP contribution in [0.15, 0.2) is 18.2 Å². The quantitative estimate of drug-likeness (QED) is 0.865. The van der Waals surface area contributed by atoms with Crippen molar-refractivity contribution in [1.82, 2.24) is 9.80 Å². The lowest BCUT2D eigenvalue weighted by molar-refractivity contribution is -0.136. The van der Waals surface area contributed by atoms with Crippen molar-refractivity contribution in [2.24, 2.45) is 11.7 Å². The summed E-state index contributed by atoms with van der Waals surface area (Å²) in [7, 11) is 0. The van der Waals surface area contributed by atoms with Gasteiger partial charge in [0.05, 0.1) is 0 Å². The molecule has 1 atom stereocenters. The summed E-state index contributed by atoms with van der Waals surface area (Å²) in [6.07, 6.45) is 0. The molecule has 0 saturated carbocycles. The zero-order chi connectivity index (χ0) is 15.4. The van der Waals surface area contributed by atoms with Crippen molar-refractivity contribution in [3.63, 3.8) is 0 Å². The lowest BCUT2D eigenvalue weighted by atomic mass is 10.1. The molecule has 1 heterocycles. The van der Waals surface area contributed by atoms with Gasteiger partial charge in [0, 0.05) is 55.8 Å². The largest absolute Gasteiger partial charge is 0.340 e. The molecule has 0 bridgehead atoms. The van der Waals surface area contributed by atoms with Gasteiger partial charge >= 0.3 is 0 Å². The third-order valence-electron chi connectivity index (χ3n) is 3.90. The van der Waals surface area contributed by atoms with Crippen molar-refractivity contribution in [3.05, 3.63) is 34.6 Å². The molecule has 1 aromatic carbocycles. The number of benzene rings is 1. The SMILES string of the molecule is CC(CN)C(=O)N1CCN(Cc2c(F)cccc2Cl)CC1.Cl.Cl. The third kappa shape index (κ3) is 5.76. The summed E-state index contributed by atoms with van der Waals surface area (Å²) in [6.45, 7) is 5.41. The molecular weight excluding hydrogens is 364 g/mol. The number of amides is 1. The van der Waals surface area contributed by atoms with E-state index in [1.165, 1.54) is 6.07 Å². The number of hydrogen-bond donors (Lipinski definition) is 1. The normalized spacial score (nSPS) is 16.3. The number of carbonyl (C=O) groups excluding carboxylic acids is 1. The molecule has 1 aliphatic rings. The van der Waals surface area contributed by atoms with Crippen LogP contribution in [0.2, 0.25) is 5.02 Å². The van der Waals surface area contributed by atoms with Crippen LogP contribution in [0, 0.1) is 11.7 Å². The van der Waals surface area contributed by atoms with Gasteiger partial charge in [0.2, 0.25) is 5.91 Å². The molecule has 1 amide bonds. The van der Waals surface area contributed by atoms with Crippen molar-refractivity contribution in [2.45, 2.75) is 13.5 Å². The smallest absolute Gasteiger partial charge is 0.226 e. The standard InChI is InChI=1S/C15H21ClFN3O.2ClH/c1-11(9-18)15(21)20-7-5-19(6-8-20)10-12-13(16)3-2-4-14(12)17;;/h2-4,11H,5-10,18H2,1H3;2*1H. The summed E-state index contributed by atoms with van der Waals surface area (Å²) in [5.74, 6) is -0.323. The Labute approximate surface area is 154 Å². The fourth-order valence-corrected chi connectivity index (χ4v) is 2.67. The van der Waals surface area contributed by atoms with Gasteiger partial charge in [0.25, 0.3) is 0 Å². The van der Waals surface area contributed by atoms with E-state index in [4.69, 9.17) is 17.3 Å². The summed E-state index contributed by atoms with van der Waals surface area (Å²) in [5, 5.41) is 0.449. The van der Waals surface area contributed by atoms with Gasteiger partial charge in [-0.2, -0.15) is 0 Å². The Bertz CT molecular complexity index is 490. The Morgan fingerprint density at radius 1 is 1.30 bits per heavy atom. The van der Waals surface area contributed by atoms with Crippen LogP contribution in [-0.4, -0.2) is 48.4 Å². The Morgan fingerprint density at radius 3 is 2.43 bits per heavy atom. The summed E-state index contributed by atoms with van der Waals surface area (Å²) >= 11 is 6.04. The summed E-state index contributed by atoms with van der Waals surface area (Å²) in [5.41, 5.74) is 6.05. The first-order chi connectivity index (χ1) is 10.0. The molecule has 132 valence electrons. The molecule has 0 aliphatic carbocycles. The molecule has 23 heavy (non-hydrogen) atoms. The van der Waals surface area contributed by atoms with Gasteiger partial charge in [0.1, 0.15) is 5.82 Å². The van der Waals surface area contributed by atoms with E-state index in [2.05, 4.69) is 4.90 Å². The molecule has 1 unspecified atom stereocenters. The molecule has 1 aliphatic heterocycles. The Balaban J connectivity index is 0.00000242. The predicted molar refractivity (Wildman–Crippen MR) is 96.0 cm³/mol. The van der Waals surface area contributed by atoms with E-state index in [0.717, 1.165) is 0 Å². The average molecular weight is 387 g/mol. The second kappa shape index (κ2) is 10.3. The van der Waals surface area contributed by atoms with E-state index in [9.17, 15) is 9.18 Å². The number of nitrogens with zero attached hydrogens (tertiary/aromatic N) is 2. The van der Waals surface area contributed by atoms with Crippen LogP contribution >= 0.6 is 36.4 Å². The second-order valence-electron chi connectivity index (χ2n) is 5.44. The lowest BCUT2D eigenvalue weighted by Crippen LogP contribution is -2.50. The molecule has 0 aromatic heterocycles. The van der Waals surface area contributed by atoms with Crippen LogP contribution < -0.4 is 5.73 Å². The average Bonchev–Trinajstić information content (AvgIpc) is 2.50. The van der Waals surface area contributed by atoms with Crippen molar-refractivity contribution in [1.29, 1.82) is 0 Å². The fraction of sp³-hybridized carbons (Fsp3) is 0.533. The first-order valence-electron chi connectivity index (χ1n) is 7.17. The molecule has 2 N–H and O–H groups in total. The fourth-order valence-electron chi connectivity index (χ4n) is 2.45. The first kappa shape index (κ1) is 22.4. The third-order valence-corrected chi connectivity index (χ3v) is 4.26. The topological polar surface area (TPSA) is 49.6 Å². The van der Waals surface area contributed by atoms with Crippen LogP contribution in [0.25, 0.3) is 0 Å². The zero-order valence-corrected chi connectivity index (χ0v) is 15.4. The molecule has 0 radical (unpaired) electrons. The van der Waals surface area contributed by atoms with E-state index in [1.54, 1.807) is 12.1 Å². The number of carbonyl (C=O) groups is 1. The molecular formula is C15H23Cl3FN3O. The van der Waals surface area contributed by atoms with Gasteiger partial charge in [-0.1, -0.05) is 24.6 Å². The molecule has 1 aromatic rings. The number of piperazine rings is 1. The van der Waals surface area contributed by atoms with Crippen molar-refractivity contribution in [3.8, 4) is 0 Å². The van der Waals surface area contributed by atoms with Crippen LogP contribution in [0.4, 0.5) is 4.39 Å². The molecule has 4 nitrogen and oxygen atoms in total. The molecule has 8 heteroatoms. The maximum atomic E-state index is 13.8. The maximum Gasteiger partial charge on any atom is 0.226 e. The number of halogens is 4. The summed E-state index contributed by atoms with van der Waals surface area (Å²) in [6, 6.07) is 4.72. The highest BCUT2D eigenvalue weighted by molar-refractivity contribution is 6.31. The molecule has 1 saturated heterocycles. The minimum absolute atomic E-state index is 0. The van der Waals surface area contributed by atoms with Crippen LogP contribution in [-0.2, 0) is 11.3 Å². The monoisotopic (exact) mass is 385 g/mol. The molecule has 0 spiro atoms. The summed E-state index contributed by atoms with van der Waals surface area (Å²) < 4.78 is 13.8. The highest BCUT2D eigenvalue weighted by Gasteiger charge is 2.24. The number of rotatable bonds is 4. The van der Waals surface area contributed by atoms with Crippen LogP contribution in [0.1, 0.15) is 12.5 Å². The molecule has 2 rings (SSSR count). The molecule has 1 fully saturated rings. The van der Waals surface area contributed by atoms with Gasteiger partial charge in [-0.3, -0.25) is 9.69 Å². The van der Waals surface area contributed by atoms with E-state index < -0.39 is 0 Å².